The molecule has 150 valence electrons. The van der Waals surface area contributed by atoms with Gasteiger partial charge in [-0.05, 0) is 63.1 Å². The molecular weight excluding hydrogens is 436 g/mol. The number of fused-ring (bicyclic) bond motifs is 1. The number of aromatic nitrogens is 1. The molecule has 0 amide bonds. The van der Waals surface area contributed by atoms with Crippen molar-refractivity contribution in [1.29, 1.82) is 0 Å². The molecule has 0 spiro atoms. The summed E-state index contributed by atoms with van der Waals surface area (Å²) in [5, 5.41) is 1.17. The fraction of sp³-hybridized carbons (Fsp3) is 0.364. The zero-order chi connectivity index (χ0) is 20.5. The quantitative estimate of drug-likeness (QED) is 0.486. The van der Waals surface area contributed by atoms with Gasteiger partial charge in [0, 0.05) is 39.5 Å². The molecule has 0 aliphatic carbocycles. The van der Waals surface area contributed by atoms with Crippen LogP contribution in [0, 0.1) is 0 Å². The van der Waals surface area contributed by atoms with Crippen molar-refractivity contribution < 1.29 is 9.29 Å². The summed E-state index contributed by atoms with van der Waals surface area (Å²) in [6.07, 6.45) is 2.17. The van der Waals surface area contributed by atoms with E-state index < -0.39 is 11.4 Å². The molecule has 4 nitrogen and oxygen atoms in total. The van der Waals surface area contributed by atoms with Crippen LogP contribution in [0.15, 0.2) is 53.1 Å². The molecule has 2 aromatic carbocycles. The highest BCUT2D eigenvalue weighted by Gasteiger charge is 2.29. The first-order valence-corrected chi connectivity index (χ1v) is 11.2. The van der Waals surface area contributed by atoms with Gasteiger partial charge in [-0.3, -0.25) is 0 Å². The van der Waals surface area contributed by atoms with E-state index in [1.807, 2.05) is 32.9 Å². The molecular formula is C22H27BrN2O2S. The van der Waals surface area contributed by atoms with Crippen molar-refractivity contribution in [3.63, 3.8) is 0 Å². The van der Waals surface area contributed by atoms with Gasteiger partial charge < -0.3 is 13.9 Å². The molecule has 1 unspecified atom stereocenters. The highest BCUT2D eigenvalue weighted by molar-refractivity contribution is 9.10. The summed E-state index contributed by atoms with van der Waals surface area (Å²) in [5.41, 5.74) is 3.49. The van der Waals surface area contributed by atoms with E-state index in [4.69, 9.17) is 4.74 Å². The van der Waals surface area contributed by atoms with Gasteiger partial charge in [0.1, 0.15) is 10.5 Å². The van der Waals surface area contributed by atoms with E-state index in [2.05, 4.69) is 68.7 Å². The lowest BCUT2D eigenvalue weighted by molar-refractivity contribution is 0.414. The number of nitrogens with zero attached hydrogens (tertiary/aromatic N) is 1. The molecule has 2 atom stereocenters. The number of ether oxygens (including phenoxy) is 1. The molecule has 0 aliphatic heterocycles. The van der Waals surface area contributed by atoms with Gasteiger partial charge in [0.25, 0.3) is 0 Å². The minimum atomic E-state index is -1.13. The van der Waals surface area contributed by atoms with Crippen LogP contribution in [0.2, 0.25) is 0 Å². The molecule has 0 bridgehead atoms. The van der Waals surface area contributed by atoms with Crippen molar-refractivity contribution in [2.45, 2.75) is 45.0 Å². The second kappa shape index (κ2) is 8.49. The number of nitrogens with one attached hydrogen (secondary N) is 1. The highest BCUT2D eigenvalue weighted by Crippen LogP contribution is 2.31. The van der Waals surface area contributed by atoms with E-state index in [0.29, 0.717) is 0 Å². The van der Waals surface area contributed by atoms with Crippen LogP contribution in [0.5, 0.6) is 5.75 Å². The molecule has 0 aliphatic rings. The van der Waals surface area contributed by atoms with Gasteiger partial charge in [0.2, 0.25) is 0 Å². The molecule has 6 heteroatoms. The van der Waals surface area contributed by atoms with E-state index in [1.165, 1.54) is 10.9 Å². The number of hydrogen-bond donors (Lipinski definition) is 1. The Balaban J connectivity index is 1.95. The average molecular weight is 463 g/mol. The Kier molecular flexibility index (Phi) is 6.44. The minimum absolute atomic E-state index is 0.0270. The van der Waals surface area contributed by atoms with E-state index in [-0.39, 0.29) is 10.8 Å². The van der Waals surface area contributed by atoms with Crippen molar-refractivity contribution >= 4 is 38.2 Å². The van der Waals surface area contributed by atoms with Crippen LogP contribution in [0.1, 0.15) is 44.9 Å². The minimum Gasteiger partial charge on any atom is -0.598 e. The van der Waals surface area contributed by atoms with Crippen molar-refractivity contribution in [3.05, 3.63) is 64.3 Å². The maximum absolute atomic E-state index is 12.6. The first-order chi connectivity index (χ1) is 13.2. The highest BCUT2D eigenvalue weighted by atomic mass is 79.9. The second-order valence-corrected chi connectivity index (χ2v) is 10.9. The number of rotatable bonds is 6. The lowest BCUT2D eigenvalue weighted by atomic mass is 10.1. The lowest BCUT2D eigenvalue weighted by Crippen LogP contribution is -2.40. The second-order valence-electron chi connectivity index (χ2n) is 7.94. The lowest BCUT2D eigenvalue weighted by Gasteiger charge is -2.26. The van der Waals surface area contributed by atoms with Gasteiger partial charge in [-0.25, -0.2) is 0 Å². The first kappa shape index (κ1) is 21.2. The Morgan fingerprint density at radius 1 is 1.18 bits per heavy atom. The van der Waals surface area contributed by atoms with Crippen LogP contribution >= 0.6 is 15.9 Å². The summed E-state index contributed by atoms with van der Waals surface area (Å²) in [6.45, 7) is 8.76. The van der Waals surface area contributed by atoms with Crippen molar-refractivity contribution in [2.24, 2.45) is 0 Å². The third-order valence-electron chi connectivity index (χ3n) is 4.69. The third kappa shape index (κ3) is 4.74. The van der Waals surface area contributed by atoms with E-state index in [0.717, 1.165) is 27.8 Å². The zero-order valence-corrected chi connectivity index (χ0v) is 19.4. The number of benzene rings is 2. The Morgan fingerprint density at radius 2 is 1.86 bits per heavy atom. The monoisotopic (exact) mass is 462 g/mol. The van der Waals surface area contributed by atoms with Crippen molar-refractivity contribution in [1.82, 2.24) is 9.29 Å². The molecule has 0 saturated heterocycles. The standard InChI is InChI=1S/C22H27BrN2O2S/c1-15(24-28(26)22(2,3)4)20-14-25(21-12-17(23)8-11-19(20)21)13-16-6-9-18(27-5)10-7-16/h6-12,14-15,24H,13H2,1-5H3/t15-,28?/m1/s1. The summed E-state index contributed by atoms with van der Waals surface area (Å²) < 4.78 is 24.1. The first-order valence-electron chi connectivity index (χ1n) is 9.28. The van der Waals surface area contributed by atoms with Gasteiger partial charge in [0.05, 0.1) is 13.2 Å². The van der Waals surface area contributed by atoms with E-state index >= 15 is 0 Å². The van der Waals surface area contributed by atoms with Gasteiger partial charge in [0.15, 0.2) is 0 Å². The number of halogens is 1. The normalized spacial score (nSPS) is 14.2. The average Bonchev–Trinajstić information content (AvgIpc) is 2.99. The van der Waals surface area contributed by atoms with Crippen LogP contribution in [0.4, 0.5) is 0 Å². The summed E-state index contributed by atoms with van der Waals surface area (Å²) >= 11 is 2.46. The van der Waals surface area contributed by atoms with Crippen molar-refractivity contribution in [2.75, 3.05) is 7.11 Å². The number of hydrogen-bond acceptors (Lipinski definition) is 3. The van der Waals surface area contributed by atoms with E-state index in [9.17, 15) is 4.55 Å². The maximum atomic E-state index is 12.6. The largest absolute Gasteiger partial charge is 0.598 e. The van der Waals surface area contributed by atoms with Crippen LogP contribution in [-0.2, 0) is 17.9 Å². The summed E-state index contributed by atoms with van der Waals surface area (Å²) in [7, 11) is 1.67. The summed E-state index contributed by atoms with van der Waals surface area (Å²) in [6, 6.07) is 14.4. The van der Waals surface area contributed by atoms with Crippen LogP contribution in [0.25, 0.3) is 10.9 Å². The molecule has 0 saturated carbocycles. The fourth-order valence-electron chi connectivity index (χ4n) is 3.10. The Morgan fingerprint density at radius 3 is 2.46 bits per heavy atom. The van der Waals surface area contributed by atoms with Crippen LogP contribution in [0.3, 0.4) is 0 Å². The van der Waals surface area contributed by atoms with Gasteiger partial charge in [-0.15, -0.1) is 4.72 Å². The molecule has 28 heavy (non-hydrogen) atoms. The molecule has 0 radical (unpaired) electrons. The number of methoxy groups -OCH3 is 1. The maximum Gasteiger partial charge on any atom is 0.136 e. The summed E-state index contributed by atoms with van der Waals surface area (Å²) in [5.74, 6) is 0.854. The molecule has 1 N–H and O–H groups in total. The topological polar surface area (TPSA) is 49.2 Å². The predicted octanol–water partition coefficient (Wildman–Crippen LogP) is 5.57. The van der Waals surface area contributed by atoms with Gasteiger partial charge >= 0.3 is 0 Å². The fourth-order valence-corrected chi connectivity index (χ4v) is 4.25. The molecule has 3 rings (SSSR count). The van der Waals surface area contributed by atoms with Crippen molar-refractivity contribution in [3.8, 4) is 5.75 Å². The molecule has 1 heterocycles. The molecule has 0 fully saturated rings. The van der Waals surface area contributed by atoms with E-state index in [1.54, 1.807) is 7.11 Å². The Bertz CT molecular complexity index is 948. The Labute approximate surface area is 178 Å². The molecule has 1 aromatic heterocycles. The SMILES string of the molecule is COc1ccc(Cn2cc([C@@H](C)N[S+]([O-])C(C)(C)C)c3ccc(Br)cc32)cc1. The van der Waals surface area contributed by atoms with Gasteiger partial charge in [-0.1, -0.05) is 34.1 Å². The predicted molar refractivity (Wildman–Crippen MR) is 121 cm³/mol. The third-order valence-corrected chi connectivity index (χ3v) is 6.87. The van der Waals surface area contributed by atoms with Crippen LogP contribution < -0.4 is 9.46 Å². The molecule has 3 aromatic rings. The van der Waals surface area contributed by atoms with Crippen LogP contribution in [-0.4, -0.2) is 21.0 Å². The van der Waals surface area contributed by atoms with Gasteiger partial charge in [-0.2, -0.15) is 0 Å². The zero-order valence-electron chi connectivity index (χ0n) is 17.0. The Hall–Kier alpha value is -1.47. The summed E-state index contributed by atoms with van der Waals surface area (Å²) in [4.78, 5) is 0. The smallest absolute Gasteiger partial charge is 0.136 e.